The number of carbonyl (C=O) groups is 2. The summed E-state index contributed by atoms with van der Waals surface area (Å²) in [5, 5.41) is 3.99. The minimum absolute atomic E-state index is 0.00103. The van der Waals surface area contributed by atoms with Crippen LogP contribution in [0.25, 0.3) is 0 Å². The lowest BCUT2D eigenvalue weighted by Gasteiger charge is -2.35. The third kappa shape index (κ3) is 8.36. The molecule has 1 saturated carbocycles. The Morgan fingerprint density at radius 2 is 1.47 bits per heavy atom. The summed E-state index contributed by atoms with van der Waals surface area (Å²) < 4.78 is 29.7. The molecule has 10 heteroatoms. The summed E-state index contributed by atoms with van der Waals surface area (Å²) in [7, 11) is -4.24. The molecule has 1 aliphatic rings. The number of aryl methyl sites for hydroxylation is 1. The first-order valence-corrected chi connectivity index (χ1v) is 18.0. The third-order valence-corrected chi connectivity index (χ3v) is 11.2. The van der Waals surface area contributed by atoms with E-state index in [0.29, 0.717) is 21.2 Å². The second-order valence-electron chi connectivity index (χ2n) is 12.0. The van der Waals surface area contributed by atoms with Gasteiger partial charge in [0.05, 0.1) is 10.6 Å². The predicted octanol–water partition coefficient (Wildman–Crippen LogP) is 7.50. The summed E-state index contributed by atoms with van der Waals surface area (Å²) >= 11 is 13.1. The molecule has 1 fully saturated rings. The van der Waals surface area contributed by atoms with Crippen molar-refractivity contribution in [2.45, 2.75) is 69.5 Å². The molecule has 246 valence electrons. The van der Waals surface area contributed by atoms with E-state index < -0.39 is 28.5 Å². The van der Waals surface area contributed by atoms with Crippen molar-refractivity contribution < 1.29 is 18.0 Å². The fourth-order valence-corrected chi connectivity index (χ4v) is 7.79. The van der Waals surface area contributed by atoms with Crippen LogP contribution < -0.4 is 9.62 Å². The molecule has 1 N–H and O–H groups in total. The molecule has 0 unspecified atom stereocenters. The summed E-state index contributed by atoms with van der Waals surface area (Å²) in [6.07, 6.45) is 4.04. The highest BCUT2D eigenvalue weighted by Gasteiger charge is 2.36. The average Bonchev–Trinajstić information content (AvgIpc) is 3.57. The van der Waals surface area contributed by atoms with Gasteiger partial charge in [0.15, 0.2) is 0 Å². The van der Waals surface area contributed by atoms with Gasteiger partial charge in [0, 0.05) is 29.1 Å². The van der Waals surface area contributed by atoms with E-state index in [2.05, 4.69) is 5.32 Å². The van der Waals surface area contributed by atoms with Crippen LogP contribution in [0.5, 0.6) is 0 Å². The van der Waals surface area contributed by atoms with Gasteiger partial charge in [-0.3, -0.25) is 13.9 Å². The Labute approximate surface area is 287 Å². The highest BCUT2D eigenvalue weighted by molar-refractivity contribution is 7.92. The lowest BCUT2D eigenvalue weighted by atomic mass is 10.0. The van der Waals surface area contributed by atoms with Crippen molar-refractivity contribution >= 4 is 50.7 Å². The molecule has 47 heavy (non-hydrogen) atoms. The molecule has 0 heterocycles. The molecule has 0 saturated heterocycles. The van der Waals surface area contributed by atoms with Crippen LogP contribution in [0.4, 0.5) is 5.69 Å². The number of nitrogens with one attached hydrogen (secondary N) is 1. The van der Waals surface area contributed by atoms with Crippen molar-refractivity contribution in [3.8, 4) is 0 Å². The van der Waals surface area contributed by atoms with Gasteiger partial charge >= 0.3 is 0 Å². The van der Waals surface area contributed by atoms with Gasteiger partial charge in [0.2, 0.25) is 11.8 Å². The van der Waals surface area contributed by atoms with Crippen LogP contribution in [0, 0.1) is 13.8 Å². The standard InChI is InChI=1S/C37H39Cl2N3O4S/c1-26-19-21-31(22-20-26)47(45,46)42(34-18-10-17-32(38)27(34)2)25-36(43)41(24-29-13-6-9-16-33(29)39)35(23-28-11-4-3-5-12-28)37(44)40-30-14-7-8-15-30/h3-6,9-13,16-22,30,35H,7-8,14-15,23-25H2,1-2H3,(H,40,44)/t35-/m0/s1. The van der Waals surface area contributed by atoms with Crippen molar-refractivity contribution in [1.29, 1.82) is 0 Å². The van der Waals surface area contributed by atoms with Gasteiger partial charge in [-0.15, -0.1) is 0 Å². The van der Waals surface area contributed by atoms with Crippen molar-refractivity contribution in [2.75, 3.05) is 10.8 Å². The first-order chi connectivity index (χ1) is 22.5. The van der Waals surface area contributed by atoms with Gasteiger partial charge in [0.25, 0.3) is 10.0 Å². The van der Waals surface area contributed by atoms with Crippen molar-refractivity contribution in [2.24, 2.45) is 0 Å². The van der Waals surface area contributed by atoms with Gasteiger partial charge in [-0.25, -0.2) is 8.42 Å². The summed E-state index contributed by atoms with van der Waals surface area (Å²) in [5.74, 6) is -0.837. The number of halogens is 2. The molecule has 0 aliphatic heterocycles. The van der Waals surface area contributed by atoms with E-state index in [0.717, 1.165) is 41.1 Å². The molecule has 5 rings (SSSR count). The number of amides is 2. The first kappa shape index (κ1) is 34.5. The largest absolute Gasteiger partial charge is 0.352 e. The highest BCUT2D eigenvalue weighted by Crippen LogP contribution is 2.32. The van der Waals surface area contributed by atoms with Crippen LogP contribution in [0.3, 0.4) is 0 Å². The minimum atomic E-state index is -4.24. The second kappa shape index (κ2) is 15.4. The number of carbonyl (C=O) groups excluding carboxylic acids is 2. The number of nitrogens with zero attached hydrogens (tertiary/aromatic N) is 2. The van der Waals surface area contributed by atoms with Crippen molar-refractivity contribution in [3.63, 3.8) is 0 Å². The summed E-state index contributed by atoms with van der Waals surface area (Å²) in [4.78, 5) is 30.4. The second-order valence-corrected chi connectivity index (χ2v) is 14.7. The van der Waals surface area contributed by atoms with Crippen molar-refractivity contribution in [3.05, 3.63) is 129 Å². The summed E-state index contributed by atoms with van der Waals surface area (Å²) in [6.45, 7) is 3.02. The maximum Gasteiger partial charge on any atom is 0.264 e. The van der Waals surface area contributed by atoms with Crippen molar-refractivity contribution in [1.82, 2.24) is 10.2 Å². The zero-order chi connectivity index (χ0) is 33.6. The van der Waals surface area contributed by atoms with E-state index >= 15 is 0 Å². The summed E-state index contributed by atoms with van der Waals surface area (Å²) in [5.41, 5.74) is 3.19. The molecule has 0 bridgehead atoms. The van der Waals surface area contributed by atoms with Crippen LogP contribution >= 0.6 is 23.2 Å². The van der Waals surface area contributed by atoms with Gasteiger partial charge in [-0.2, -0.15) is 0 Å². The fraction of sp³-hybridized carbons (Fsp3) is 0.297. The SMILES string of the molecule is Cc1ccc(S(=O)(=O)N(CC(=O)N(Cc2ccccc2Cl)[C@@H](Cc2ccccc2)C(=O)NC2CCCC2)c2cccc(Cl)c2C)cc1. The normalized spacial score (nSPS) is 14.0. The zero-order valence-electron chi connectivity index (χ0n) is 26.5. The maximum atomic E-state index is 14.7. The van der Waals surface area contributed by atoms with E-state index in [1.54, 1.807) is 55.5 Å². The Morgan fingerprint density at radius 3 is 2.15 bits per heavy atom. The topological polar surface area (TPSA) is 86.8 Å². The van der Waals surface area contributed by atoms with Crippen LogP contribution in [-0.4, -0.2) is 43.8 Å². The zero-order valence-corrected chi connectivity index (χ0v) is 28.9. The number of hydrogen-bond acceptors (Lipinski definition) is 4. The molecule has 0 aromatic heterocycles. The lowest BCUT2D eigenvalue weighted by Crippen LogP contribution is -2.54. The quantitative estimate of drug-likeness (QED) is 0.167. The molecule has 1 aliphatic carbocycles. The number of hydrogen-bond donors (Lipinski definition) is 1. The Kier molecular flexibility index (Phi) is 11.3. The Morgan fingerprint density at radius 1 is 0.830 bits per heavy atom. The van der Waals surface area contributed by atoms with E-state index in [1.807, 2.05) is 43.3 Å². The van der Waals surface area contributed by atoms with Gasteiger partial charge in [-0.05, 0) is 73.7 Å². The Bertz CT molecular complexity index is 1810. The molecular formula is C37H39Cl2N3O4S. The fourth-order valence-electron chi connectivity index (χ4n) is 5.95. The van der Waals surface area contributed by atoms with E-state index in [4.69, 9.17) is 23.2 Å². The lowest BCUT2D eigenvalue weighted by molar-refractivity contribution is -0.140. The molecule has 4 aromatic rings. The van der Waals surface area contributed by atoms with Crippen LogP contribution in [-0.2, 0) is 32.6 Å². The summed E-state index contributed by atoms with van der Waals surface area (Å²) in [6, 6.07) is 27.2. The first-order valence-electron chi connectivity index (χ1n) is 15.8. The third-order valence-electron chi connectivity index (χ3n) is 8.67. The molecule has 1 atom stereocenters. The molecule has 0 radical (unpaired) electrons. The van der Waals surface area contributed by atoms with E-state index in [1.165, 1.54) is 17.0 Å². The van der Waals surface area contributed by atoms with E-state index in [-0.39, 0.29) is 35.5 Å². The molecule has 7 nitrogen and oxygen atoms in total. The maximum absolute atomic E-state index is 14.7. The van der Waals surface area contributed by atoms with Crippen LogP contribution in [0.1, 0.15) is 47.9 Å². The van der Waals surface area contributed by atoms with Gasteiger partial charge in [-0.1, -0.05) is 108 Å². The Balaban J connectivity index is 1.60. The Hall–Kier alpha value is -3.85. The van der Waals surface area contributed by atoms with Gasteiger partial charge in [0.1, 0.15) is 12.6 Å². The number of benzene rings is 4. The number of sulfonamides is 1. The predicted molar refractivity (Wildman–Crippen MR) is 188 cm³/mol. The minimum Gasteiger partial charge on any atom is -0.352 e. The smallest absolute Gasteiger partial charge is 0.264 e. The van der Waals surface area contributed by atoms with Crippen LogP contribution in [0.15, 0.2) is 102 Å². The number of anilines is 1. The highest BCUT2D eigenvalue weighted by atomic mass is 35.5. The molecule has 0 spiro atoms. The molecular weight excluding hydrogens is 653 g/mol. The number of rotatable bonds is 12. The average molecular weight is 693 g/mol. The molecule has 4 aromatic carbocycles. The monoisotopic (exact) mass is 691 g/mol. The molecule has 2 amide bonds. The van der Waals surface area contributed by atoms with E-state index in [9.17, 15) is 18.0 Å². The van der Waals surface area contributed by atoms with Gasteiger partial charge < -0.3 is 10.2 Å². The van der Waals surface area contributed by atoms with Crippen LogP contribution in [0.2, 0.25) is 10.0 Å².